The van der Waals surface area contributed by atoms with Crippen molar-refractivity contribution in [1.82, 2.24) is 15.2 Å². The van der Waals surface area contributed by atoms with Gasteiger partial charge in [-0.2, -0.15) is 0 Å². The molecular weight excluding hydrogens is 350 g/mol. The van der Waals surface area contributed by atoms with Gasteiger partial charge in [-0.15, -0.1) is 0 Å². The van der Waals surface area contributed by atoms with E-state index < -0.39 is 0 Å². The average Bonchev–Trinajstić information content (AvgIpc) is 3.12. The Labute approximate surface area is 163 Å². The maximum absolute atomic E-state index is 13.5. The lowest BCUT2D eigenvalue weighted by molar-refractivity contribution is -0.119. The van der Waals surface area contributed by atoms with E-state index in [9.17, 15) is 9.59 Å². The fourth-order valence-electron chi connectivity index (χ4n) is 4.38. The molecule has 3 heterocycles. The van der Waals surface area contributed by atoms with Gasteiger partial charge in [0.25, 0.3) is 5.91 Å². The lowest BCUT2D eigenvalue weighted by Crippen LogP contribution is -2.49. The molecule has 0 spiro atoms. The third kappa shape index (κ3) is 2.93. The standard InChI is InChI=1S/C23H21N3O2/c27-22-12-16-10-11-26(14-21(16)25-22)23(28)18-13-20(15-6-2-1-3-7-15)24-19-9-5-4-8-17(18)19/h1-9,13,16,21H,10-12,14H2,(H,25,27)/t16-,21-/m1/s1. The summed E-state index contributed by atoms with van der Waals surface area (Å²) in [5.41, 5.74) is 3.28. The van der Waals surface area contributed by atoms with E-state index in [1.807, 2.05) is 65.6 Å². The third-order valence-electron chi connectivity index (χ3n) is 5.85. The molecule has 0 bridgehead atoms. The minimum absolute atomic E-state index is 0.00961. The van der Waals surface area contributed by atoms with Gasteiger partial charge in [0.15, 0.2) is 0 Å². The highest BCUT2D eigenvalue weighted by Gasteiger charge is 2.38. The predicted molar refractivity (Wildman–Crippen MR) is 108 cm³/mol. The zero-order valence-electron chi connectivity index (χ0n) is 15.5. The first-order chi connectivity index (χ1) is 13.7. The first kappa shape index (κ1) is 16.9. The Balaban J connectivity index is 1.54. The van der Waals surface area contributed by atoms with Crippen molar-refractivity contribution in [3.05, 3.63) is 66.2 Å². The van der Waals surface area contributed by atoms with Crippen LogP contribution in [0.15, 0.2) is 60.7 Å². The van der Waals surface area contributed by atoms with Crippen molar-refractivity contribution in [3.63, 3.8) is 0 Å². The Kier molecular flexibility index (Phi) is 4.08. The van der Waals surface area contributed by atoms with Crippen molar-refractivity contribution in [1.29, 1.82) is 0 Å². The summed E-state index contributed by atoms with van der Waals surface area (Å²) in [5.74, 6) is 0.464. The maximum atomic E-state index is 13.5. The van der Waals surface area contributed by atoms with Gasteiger partial charge in [0, 0.05) is 36.5 Å². The molecule has 140 valence electrons. The zero-order chi connectivity index (χ0) is 19.1. The van der Waals surface area contributed by atoms with Crippen LogP contribution in [0.4, 0.5) is 0 Å². The SMILES string of the molecule is O=C1C[C@H]2CCN(C(=O)c3cc(-c4ccccc4)nc4ccccc34)C[C@H]2N1. The Hall–Kier alpha value is -3.21. The third-order valence-corrected chi connectivity index (χ3v) is 5.85. The van der Waals surface area contributed by atoms with Gasteiger partial charge < -0.3 is 10.2 Å². The highest BCUT2D eigenvalue weighted by Crippen LogP contribution is 2.29. The molecule has 2 aliphatic rings. The van der Waals surface area contributed by atoms with Gasteiger partial charge in [0.1, 0.15) is 0 Å². The molecular formula is C23H21N3O2. The smallest absolute Gasteiger partial charge is 0.254 e. The van der Waals surface area contributed by atoms with E-state index in [1.54, 1.807) is 0 Å². The number of benzene rings is 2. The summed E-state index contributed by atoms with van der Waals surface area (Å²) in [4.78, 5) is 31.8. The minimum Gasteiger partial charge on any atom is -0.351 e. The number of para-hydroxylation sites is 1. The molecule has 3 aromatic rings. The number of nitrogens with one attached hydrogen (secondary N) is 1. The van der Waals surface area contributed by atoms with Crippen LogP contribution in [0, 0.1) is 5.92 Å². The molecule has 5 nitrogen and oxygen atoms in total. The fourth-order valence-corrected chi connectivity index (χ4v) is 4.38. The molecule has 0 radical (unpaired) electrons. The van der Waals surface area contributed by atoms with E-state index in [4.69, 9.17) is 4.98 Å². The van der Waals surface area contributed by atoms with Crippen LogP contribution in [0.1, 0.15) is 23.2 Å². The quantitative estimate of drug-likeness (QED) is 0.752. The molecule has 0 saturated carbocycles. The van der Waals surface area contributed by atoms with E-state index in [-0.39, 0.29) is 17.9 Å². The predicted octanol–water partition coefficient (Wildman–Crippen LogP) is 3.25. The summed E-state index contributed by atoms with van der Waals surface area (Å²) in [7, 11) is 0. The number of nitrogens with zero attached hydrogens (tertiary/aromatic N) is 2. The van der Waals surface area contributed by atoms with Crippen LogP contribution in [0.2, 0.25) is 0 Å². The van der Waals surface area contributed by atoms with Crippen LogP contribution in [0.25, 0.3) is 22.2 Å². The molecule has 1 N–H and O–H groups in total. The Morgan fingerprint density at radius 1 is 1.07 bits per heavy atom. The van der Waals surface area contributed by atoms with Crippen LogP contribution >= 0.6 is 0 Å². The molecule has 0 unspecified atom stereocenters. The monoisotopic (exact) mass is 371 g/mol. The Morgan fingerprint density at radius 3 is 2.71 bits per heavy atom. The van der Waals surface area contributed by atoms with Crippen LogP contribution in [0.5, 0.6) is 0 Å². The molecule has 2 amide bonds. The molecule has 2 atom stereocenters. The number of hydrogen-bond donors (Lipinski definition) is 1. The number of amides is 2. The van der Waals surface area contributed by atoms with Crippen molar-refractivity contribution < 1.29 is 9.59 Å². The lowest BCUT2D eigenvalue weighted by atomic mass is 9.92. The summed E-state index contributed by atoms with van der Waals surface area (Å²) in [6.45, 7) is 1.26. The maximum Gasteiger partial charge on any atom is 0.254 e. The average molecular weight is 371 g/mol. The highest BCUT2D eigenvalue weighted by molar-refractivity contribution is 6.07. The second kappa shape index (κ2) is 6.75. The van der Waals surface area contributed by atoms with Crippen LogP contribution < -0.4 is 5.32 Å². The van der Waals surface area contributed by atoms with Crippen molar-refractivity contribution in [3.8, 4) is 11.3 Å². The topological polar surface area (TPSA) is 62.3 Å². The van der Waals surface area contributed by atoms with Crippen molar-refractivity contribution in [2.75, 3.05) is 13.1 Å². The van der Waals surface area contributed by atoms with E-state index in [0.29, 0.717) is 31.0 Å². The number of aromatic nitrogens is 1. The van der Waals surface area contributed by atoms with Crippen molar-refractivity contribution in [2.45, 2.75) is 18.9 Å². The van der Waals surface area contributed by atoms with Gasteiger partial charge in [-0.1, -0.05) is 48.5 Å². The number of likely N-dealkylation sites (tertiary alicyclic amines) is 1. The summed E-state index contributed by atoms with van der Waals surface area (Å²) < 4.78 is 0. The first-order valence-electron chi connectivity index (χ1n) is 9.73. The number of hydrogen-bond acceptors (Lipinski definition) is 3. The summed E-state index contributed by atoms with van der Waals surface area (Å²) >= 11 is 0. The van der Waals surface area contributed by atoms with E-state index >= 15 is 0 Å². The largest absolute Gasteiger partial charge is 0.351 e. The molecule has 2 fully saturated rings. The van der Waals surface area contributed by atoms with Gasteiger partial charge in [-0.05, 0) is 24.5 Å². The molecule has 1 aromatic heterocycles. The fraction of sp³-hybridized carbons (Fsp3) is 0.261. The molecule has 5 heteroatoms. The number of rotatable bonds is 2. The van der Waals surface area contributed by atoms with Crippen molar-refractivity contribution >= 4 is 22.7 Å². The summed E-state index contributed by atoms with van der Waals surface area (Å²) in [6, 6.07) is 19.7. The molecule has 2 aromatic carbocycles. The number of fused-ring (bicyclic) bond motifs is 2. The van der Waals surface area contributed by atoms with E-state index in [1.165, 1.54) is 0 Å². The van der Waals surface area contributed by atoms with Gasteiger partial charge in [-0.25, -0.2) is 4.98 Å². The molecule has 0 aliphatic carbocycles. The van der Waals surface area contributed by atoms with Gasteiger partial charge in [0.2, 0.25) is 5.91 Å². The number of carbonyl (C=O) groups excluding carboxylic acids is 2. The normalized spacial score (nSPS) is 21.4. The summed E-state index contributed by atoms with van der Waals surface area (Å²) in [5, 5.41) is 3.89. The molecule has 28 heavy (non-hydrogen) atoms. The molecule has 5 rings (SSSR count). The van der Waals surface area contributed by atoms with Crippen LogP contribution in [-0.2, 0) is 4.79 Å². The van der Waals surface area contributed by atoms with E-state index in [0.717, 1.165) is 28.6 Å². The van der Waals surface area contributed by atoms with Gasteiger partial charge >= 0.3 is 0 Å². The first-order valence-corrected chi connectivity index (χ1v) is 9.73. The number of piperidine rings is 1. The Morgan fingerprint density at radius 2 is 1.86 bits per heavy atom. The van der Waals surface area contributed by atoms with Crippen LogP contribution in [-0.4, -0.2) is 40.8 Å². The lowest BCUT2D eigenvalue weighted by Gasteiger charge is -2.34. The molecule has 2 aliphatic heterocycles. The van der Waals surface area contributed by atoms with Crippen LogP contribution in [0.3, 0.4) is 0 Å². The highest BCUT2D eigenvalue weighted by atomic mass is 16.2. The Bertz CT molecular complexity index is 1060. The van der Waals surface area contributed by atoms with Gasteiger partial charge in [0.05, 0.1) is 16.8 Å². The van der Waals surface area contributed by atoms with Crippen molar-refractivity contribution in [2.24, 2.45) is 5.92 Å². The zero-order valence-corrected chi connectivity index (χ0v) is 15.5. The summed E-state index contributed by atoms with van der Waals surface area (Å²) in [6.07, 6.45) is 1.45. The number of carbonyl (C=O) groups is 2. The minimum atomic E-state index is 0.00961. The van der Waals surface area contributed by atoms with Gasteiger partial charge in [-0.3, -0.25) is 9.59 Å². The molecule has 2 saturated heterocycles. The second-order valence-electron chi connectivity index (χ2n) is 7.62. The number of pyridine rings is 1. The second-order valence-corrected chi connectivity index (χ2v) is 7.62. The van der Waals surface area contributed by atoms with E-state index in [2.05, 4.69) is 5.32 Å².